The normalized spacial score (nSPS) is 22.2. The van der Waals surface area contributed by atoms with Crippen LogP contribution in [0.1, 0.15) is 31.7 Å². The van der Waals surface area contributed by atoms with Crippen molar-refractivity contribution in [3.05, 3.63) is 17.7 Å². The number of nitrogens with zero attached hydrogens (tertiary/aromatic N) is 3. The number of carbonyl (C=O) groups is 1. The molecule has 2 aliphatic rings. The molecule has 1 unspecified atom stereocenters. The molecule has 1 aromatic heterocycles. The third kappa shape index (κ3) is 2.89. The molecule has 0 aromatic carbocycles. The molecule has 0 aliphatic carbocycles. The second-order valence-corrected chi connectivity index (χ2v) is 5.72. The standard InChI is InChI=1S/C15H21N3O3/c1-11-4-2-3-7-18(11)13-6-5-12-10-17(15(19)20)8-9-21-14(12)16-13/h5-6,11H,2-4,7-10H2,1H3,(H,19,20). The molecule has 21 heavy (non-hydrogen) atoms. The molecule has 0 bridgehead atoms. The van der Waals surface area contributed by atoms with Gasteiger partial charge in [-0.1, -0.05) is 0 Å². The van der Waals surface area contributed by atoms with E-state index < -0.39 is 6.09 Å². The van der Waals surface area contributed by atoms with Crippen LogP contribution in [-0.4, -0.2) is 46.8 Å². The Morgan fingerprint density at radius 2 is 2.24 bits per heavy atom. The van der Waals surface area contributed by atoms with Gasteiger partial charge in [0.15, 0.2) is 0 Å². The Morgan fingerprint density at radius 1 is 1.38 bits per heavy atom. The van der Waals surface area contributed by atoms with Gasteiger partial charge in [-0.3, -0.25) is 0 Å². The van der Waals surface area contributed by atoms with E-state index in [1.807, 2.05) is 12.1 Å². The maximum atomic E-state index is 11.1. The Bertz CT molecular complexity index is 535. The monoisotopic (exact) mass is 291 g/mol. The van der Waals surface area contributed by atoms with Crippen molar-refractivity contribution >= 4 is 11.9 Å². The van der Waals surface area contributed by atoms with Gasteiger partial charge in [-0.25, -0.2) is 4.79 Å². The summed E-state index contributed by atoms with van der Waals surface area (Å²) in [5.41, 5.74) is 0.836. The first-order chi connectivity index (χ1) is 10.1. The van der Waals surface area contributed by atoms with Crippen molar-refractivity contribution in [2.75, 3.05) is 24.6 Å². The zero-order valence-electron chi connectivity index (χ0n) is 12.3. The third-order valence-corrected chi connectivity index (χ3v) is 4.25. The van der Waals surface area contributed by atoms with Crippen molar-refractivity contribution in [3.8, 4) is 5.88 Å². The fraction of sp³-hybridized carbons (Fsp3) is 0.600. The first-order valence-corrected chi connectivity index (χ1v) is 7.52. The Morgan fingerprint density at radius 3 is 3.00 bits per heavy atom. The van der Waals surface area contributed by atoms with Crippen LogP contribution in [0.5, 0.6) is 5.88 Å². The van der Waals surface area contributed by atoms with Crippen molar-refractivity contribution < 1.29 is 14.6 Å². The summed E-state index contributed by atoms with van der Waals surface area (Å²) in [4.78, 5) is 19.4. The van der Waals surface area contributed by atoms with Gasteiger partial charge in [0.05, 0.1) is 13.1 Å². The van der Waals surface area contributed by atoms with Crippen molar-refractivity contribution in [2.24, 2.45) is 0 Å². The zero-order chi connectivity index (χ0) is 14.8. The lowest BCUT2D eigenvalue weighted by Gasteiger charge is -2.34. The minimum absolute atomic E-state index is 0.341. The van der Waals surface area contributed by atoms with E-state index >= 15 is 0 Å². The molecule has 3 rings (SSSR count). The van der Waals surface area contributed by atoms with E-state index in [2.05, 4.69) is 16.8 Å². The molecule has 114 valence electrons. The Labute approximate surface area is 124 Å². The van der Waals surface area contributed by atoms with Crippen molar-refractivity contribution in [2.45, 2.75) is 38.8 Å². The van der Waals surface area contributed by atoms with Gasteiger partial charge < -0.3 is 19.6 Å². The van der Waals surface area contributed by atoms with E-state index in [4.69, 9.17) is 9.84 Å². The molecular formula is C15H21N3O3. The molecule has 1 N–H and O–H groups in total. The highest BCUT2D eigenvalue weighted by atomic mass is 16.5. The highest BCUT2D eigenvalue weighted by Gasteiger charge is 2.23. The van der Waals surface area contributed by atoms with Crippen LogP contribution < -0.4 is 9.64 Å². The Hall–Kier alpha value is -1.98. The number of ether oxygens (including phenoxy) is 1. The van der Waals surface area contributed by atoms with Gasteiger partial charge in [-0.2, -0.15) is 4.98 Å². The molecule has 2 aliphatic heterocycles. The van der Waals surface area contributed by atoms with Gasteiger partial charge in [-0.15, -0.1) is 0 Å². The number of aromatic nitrogens is 1. The molecule has 6 nitrogen and oxygen atoms in total. The second-order valence-electron chi connectivity index (χ2n) is 5.72. The minimum Gasteiger partial charge on any atom is -0.475 e. The minimum atomic E-state index is -0.917. The lowest BCUT2D eigenvalue weighted by Crippen LogP contribution is -2.38. The van der Waals surface area contributed by atoms with E-state index in [1.54, 1.807) is 0 Å². The number of hydrogen-bond acceptors (Lipinski definition) is 4. The number of fused-ring (bicyclic) bond motifs is 1. The van der Waals surface area contributed by atoms with Crippen LogP contribution in [0, 0.1) is 0 Å². The summed E-state index contributed by atoms with van der Waals surface area (Å²) in [6, 6.07) is 4.42. The highest BCUT2D eigenvalue weighted by molar-refractivity contribution is 5.65. The van der Waals surface area contributed by atoms with Crippen LogP contribution in [0.3, 0.4) is 0 Å². The van der Waals surface area contributed by atoms with Crippen LogP contribution in [0.4, 0.5) is 10.6 Å². The second kappa shape index (κ2) is 5.79. The quantitative estimate of drug-likeness (QED) is 0.860. The summed E-state index contributed by atoms with van der Waals surface area (Å²) in [6.45, 7) is 4.31. The van der Waals surface area contributed by atoms with Crippen LogP contribution in [0.25, 0.3) is 0 Å². The van der Waals surface area contributed by atoms with Crippen molar-refractivity contribution in [3.63, 3.8) is 0 Å². The Kier molecular flexibility index (Phi) is 3.86. The van der Waals surface area contributed by atoms with Gasteiger partial charge in [-0.05, 0) is 38.3 Å². The van der Waals surface area contributed by atoms with Gasteiger partial charge in [0.25, 0.3) is 0 Å². The summed E-state index contributed by atoms with van der Waals surface area (Å²) >= 11 is 0. The Balaban J connectivity index is 1.84. The number of rotatable bonds is 1. The van der Waals surface area contributed by atoms with Gasteiger partial charge in [0.2, 0.25) is 5.88 Å². The van der Waals surface area contributed by atoms with E-state index in [9.17, 15) is 4.79 Å². The topological polar surface area (TPSA) is 65.9 Å². The summed E-state index contributed by atoms with van der Waals surface area (Å²) in [7, 11) is 0. The van der Waals surface area contributed by atoms with Crippen LogP contribution in [0.2, 0.25) is 0 Å². The summed E-state index contributed by atoms with van der Waals surface area (Å²) in [5.74, 6) is 1.51. The smallest absolute Gasteiger partial charge is 0.407 e. The first-order valence-electron chi connectivity index (χ1n) is 7.52. The molecule has 1 aromatic rings. The van der Waals surface area contributed by atoms with Crippen molar-refractivity contribution in [1.82, 2.24) is 9.88 Å². The van der Waals surface area contributed by atoms with Crippen LogP contribution in [0.15, 0.2) is 12.1 Å². The van der Waals surface area contributed by atoms with Crippen LogP contribution >= 0.6 is 0 Å². The molecule has 1 fully saturated rings. The number of anilines is 1. The predicted molar refractivity (Wildman–Crippen MR) is 78.8 cm³/mol. The number of hydrogen-bond donors (Lipinski definition) is 1. The predicted octanol–water partition coefficient (Wildman–Crippen LogP) is 2.33. The fourth-order valence-electron chi connectivity index (χ4n) is 3.00. The number of amides is 1. The lowest BCUT2D eigenvalue weighted by molar-refractivity contribution is 0.137. The van der Waals surface area contributed by atoms with Gasteiger partial charge in [0, 0.05) is 18.2 Å². The molecule has 0 saturated carbocycles. The molecular weight excluding hydrogens is 270 g/mol. The molecule has 3 heterocycles. The van der Waals surface area contributed by atoms with Gasteiger partial charge >= 0.3 is 6.09 Å². The van der Waals surface area contributed by atoms with Crippen LogP contribution in [-0.2, 0) is 6.54 Å². The SMILES string of the molecule is CC1CCCCN1c1ccc2c(n1)OCCN(C(=O)O)C2. The average Bonchev–Trinajstić information content (AvgIpc) is 2.69. The maximum absolute atomic E-state index is 11.1. The van der Waals surface area contributed by atoms with Gasteiger partial charge in [0.1, 0.15) is 12.4 Å². The fourth-order valence-corrected chi connectivity index (χ4v) is 3.00. The van der Waals surface area contributed by atoms with E-state index in [0.717, 1.165) is 17.9 Å². The molecule has 1 saturated heterocycles. The molecule has 0 spiro atoms. The van der Waals surface area contributed by atoms with E-state index in [1.165, 1.54) is 24.2 Å². The highest BCUT2D eigenvalue weighted by Crippen LogP contribution is 2.28. The van der Waals surface area contributed by atoms with Crippen molar-refractivity contribution in [1.29, 1.82) is 0 Å². The largest absolute Gasteiger partial charge is 0.475 e. The van der Waals surface area contributed by atoms with E-state index in [0.29, 0.717) is 31.6 Å². The number of pyridine rings is 1. The summed E-state index contributed by atoms with van der Waals surface area (Å²) in [5, 5.41) is 9.12. The summed E-state index contributed by atoms with van der Waals surface area (Å²) in [6.07, 6.45) is 2.73. The number of piperidine rings is 1. The average molecular weight is 291 g/mol. The zero-order valence-corrected chi connectivity index (χ0v) is 12.3. The summed E-state index contributed by atoms with van der Waals surface area (Å²) < 4.78 is 5.65. The first kappa shape index (κ1) is 14.0. The third-order valence-electron chi connectivity index (χ3n) is 4.25. The number of carboxylic acid groups (broad SMARTS) is 1. The molecule has 1 amide bonds. The molecule has 6 heteroatoms. The maximum Gasteiger partial charge on any atom is 0.407 e. The molecule has 1 atom stereocenters. The lowest BCUT2D eigenvalue weighted by atomic mass is 10.0. The van der Waals surface area contributed by atoms with E-state index in [-0.39, 0.29) is 0 Å². The molecule has 0 radical (unpaired) electrons.